The summed E-state index contributed by atoms with van der Waals surface area (Å²) in [5, 5.41) is 11.3. The highest BCUT2D eigenvalue weighted by Gasteiger charge is 2.25. The van der Waals surface area contributed by atoms with Gasteiger partial charge in [0.2, 0.25) is 5.90 Å². The van der Waals surface area contributed by atoms with E-state index in [1.165, 1.54) is 12.1 Å². The van der Waals surface area contributed by atoms with E-state index in [0.717, 1.165) is 11.1 Å². The topological polar surface area (TPSA) is 94.9 Å². The zero-order valence-corrected chi connectivity index (χ0v) is 15.7. The van der Waals surface area contributed by atoms with Gasteiger partial charge >= 0.3 is 5.97 Å². The molecule has 0 fully saturated rings. The molecule has 144 valence electrons. The minimum absolute atomic E-state index is 0.0430. The monoisotopic (exact) mass is 388 g/mol. The van der Waals surface area contributed by atoms with Gasteiger partial charge in [0.15, 0.2) is 5.70 Å². The number of nitro benzene ring substituents is 1. The lowest BCUT2D eigenvalue weighted by atomic mass is 10.1. The molecule has 2 heterocycles. The minimum atomic E-state index is -0.583. The van der Waals surface area contributed by atoms with Crippen molar-refractivity contribution in [1.82, 2.24) is 0 Å². The number of aliphatic imine (C=N–C) groups is 1. The number of benzene rings is 2. The predicted molar refractivity (Wildman–Crippen MR) is 107 cm³/mol. The second kappa shape index (κ2) is 7.20. The standard InChI is InChI=1S/C22H16N2O5/c1-13-3-6-15(7-4-13)21-23-18(22(25)29-21)12-16-8-10-20(28-16)17-9-5-14(2)11-19(17)24(26)27/h3-12H,1-2H3. The number of carbonyl (C=O) groups is 1. The van der Waals surface area contributed by atoms with Crippen molar-refractivity contribution in [1.29, 1.82) is 0 Å². The van der Waals surface area contributed by atoms with E-state index in [0.29, 0.717) is 22.6 Å². The van der Waals surface area contributed by atoms with Crippen molar-refractivity contribution in [2.75, 3.05) is 0 Å². The SMILES string of the molecule is Cc1ccc(C2=NC(=Cc3ccc(-c4ccc(C)cc4[N+](=O)[O-])o3)C(=O)O2)cc1. The van der Waals surface area contributed by atoms with Crippen molar-refractivity contribution in [3.8, 4) is 11.3 Å². The molecule has 4 rings (SSSR count). The van der Waals surface area contributed by atoms with E-state index >= 15 is 0 Å². The average molecular weight is 388 g/mol. The summed E-state index contributed by atoms with van der Waals surface area (Å²) in [6, 6.07) is 15.6. The maximum absolute atomic E-state index is 12.2. The molecule has 0 aliphatic carbocycles. The van der Waals surface area contributed by atoms with E-state index in [1.54, 1.807) is 31.2 Å². The zero-order valence-electron chi connectivity index (χ0n) is 15.7. The van der Waals surface area contributed by atoms with Crippen LogP contribution >= 0.6 is 0 Å². The molecule has 0 atom stereocenters. The van der Waals surface area contributed by atoms with Crippen LogP contribution in [0.5, 0.6) is 0 Å². The summed E-state index contributed by atoms with van der Waals surface area (Å²) in [5.41, 5.74) is 2.98. The lowest BCUT2D eigenvalue weighted by Crippen LogP contribution is -2.05. The third-order valence-electron chi connectivity index (χ3n) is 4.44. The lowest BCUT2D eigenvalue weighted by molar-refractivity contribution is -0.384. The fraction of sp³-hybridized carbons (Fsp3) is 0.0909. The van der Waals surface area contributed by atoms with Crippen LogP contribution in [0.4, 0.5) is 5.69 Å². The molecule has 2 aromatic carbocycles. The van der Waals surface area contributed by atoms with E-state index in [1.807, 2.05) is 31.2 Å². The number of hydrogen-bond acceptors (Lipinski definition) is 6. The van der Waals surface area contributed by atoms with Gasteiger partial charge < -0.3 is 9.15 Å². The molecule has 0 saturated carbocycles. The summed E-state index contributed by atoms with van der Waals surface area (Å²) in [4.78, 5) is 27.3. The van der Waals surface area contributed by atoms with Gasteiger partial charge in [-0.1, -0.05) is 23.8 Å². The quantitative estimate of drug-likeness (QED) is 0.276. The molecular formula is C22H16N2O5. The number of nitro groups is 1. The number of nitrogens with zero attached hydrogens (tertiary/aromatic N) is 2. The number of carbonyl (C=O) groups excluding carboxylic acids is 1. The second-order valence-corrected chi connectivity index (χ2v) is 6.68. The van der Waals surface area contributed by atoms with Crippen molar-refractivity contribution in [3.63, 3.8) is 0 Å². The molecule has 1 aliphatic rings. The summed E-state index contributed by atoms with van der Waals surface area (Å²) in [6.45, 7) is 3.74. The third-order valence-corrected chi connectivity index (χ3v) is 4.44. The number of cyclic esters (lactones) is 1. The molecule has 3 aromatic rings. The van der Waals surface area contributed by atoms with Crippen LogP contribution in [0, 0.1) is 24.0 Å². The molecule has 29 heavy (non-hydrogen) atoms. The first-order valence-electron chi connectivity index (χ1n) is 8.85. The third kappa shape index (κ3) is 3.70. The highest BCUT2D eigenvalue weighted by Crippen LogP contribution is 2.32. The largest absolute Gasteiger partial charge is 0.456 e. The lowest BCUT2D eigenvalue weighted by Gasteiger charge is -2.01. The fourth-order valence-corrected chi connectivity index (χ4v) is 2.94. The Hall–Kier alpha value is -4.00. The van der Waals surface area contributed by atoms with Gasteiger partial charge in [0.25, 0.3) is 5.69 Å². The molecule has 0 spiro atoms. The van der Waals surface area contributed by atoms with E-state index < -0.39 is 10.9 Å². The molecule has 0 N–H and O–H groups in total. The number of furan rings is 1. The predicted octanol–water partition coefficient (Wildman–Crippen LogP) is 4.82. The van der Waals surface area contributed by atoms with Gasteiger partial charge in [-0.3, -0.25) is 10.1 Å². The van der Waals surface area contributed by atoms with Crippen LogP contribution in [-0.2, 0) is 9.53 Å². The highest BCUT2D eigenvalue weighted by atomic mass is 16.6. The molecule has 1 aliphatic heterocycles. The highest BCUT2D eigenvalue weighted by molar-refractivity contribution is 6.12. The Labute approximate surface area is 166 Å². The second-order valence-electron chi connectivity index (χ2n) is 6.68. The van der Waals surface area contributed by atoms with Crippen molar-refractivity contribution in [3.05, 3.63) is 92.9 Å². The van der Waals surface area contributed by atoms with Crippen LogP contribution in [0.15, 0.2) is 69.7 Å². The molecule has 0 unspecified atom stereocenters. The first kappa shape index (κ1) is 18.4. The van der Waals surface area contributed by atoms with E-state index in [2.05, 4.69) is 4.99 Å². The van der Waals surface area contributed by atoms with Gasteiger partial charge in [0, 0.05) is 17.7 Å². The fourth-order valence-electron chi connectivity index (χ4n) is 2.94. The van der Waals surface area contributed by atoms with Crippen LogP contribution in [-0.4, -0.2) is 16.8 Å². The first-order valence-corrected chi connectivity index (χ1v) is 8.85. The van der Waals surface area contributed by atoms with Gasteiger partial charge in [0.1, 0.15) is 11.5 Å². The average Bonchev–Trinajstić information content (AvgIpc) is 3.29. The first-order chi connectivity index (χ1) is 13.9. The van der Waals surface area contributed by atoms with Crippen LogP contribution in [0.25, 0.3) is 17.4 Å². The van der Waals surface area contributed by atoms with Gasteiger partial charge in [-0.25, -0.2) is 9.79 Å². The van der Waals surface area contributed by atoms with Crippen LogP contribution in [0.1, 0.15) is 22.5 Å². The number of rotatable bonds is 4. The Morgan fingerprint density at radius 2 is 1.72 bits per heavy atom. The van der Waals surface area contributed by atoms with Crippen molar-refractivity contribution < 1.29 is 18.9 Å². The van der Waals surface area contributed by atoms with Gasteiger partial charge in [-0.15, -0.1) is 0 Å². The smallest absolute Gasteiger partial charge is 0.363 e. The Morgan fingerprint density at radius 1 is 1.00 bits per heavy atom. The van der Waals surface area contributed by atoms with Crippen LogP contribution in [0.3, 0.4) is 0 Å². The van der Waals surface area contributed by atoms with E-state index in [4.69, 9.17) is 9.15 Å². The van der Waals surface area contributed by atoms with Gasteiger partial charge in [-0.2, -0.15) is 0 Å². The minimum Gasteiger partial charge on any atom is -0.456 e. The Kier molecular flexibility index (Phi) is 4.56. The molecule has 0 amide bonds. The summed E-state index contributed by atoms with van der Waals surface area (Å²) < 4.78 is 10.9. The zero-order chi connectivity index (χ0) is 20.5. The van der Waals surface area contributed by atoms with Crippen LogP contribution < -0.4 is 0 Å². The molecule has 1 aromatic heterocycles. The van der Waals surface area contributed by atoms with Gasteiger partial charge in [-0.05, 0) is 49.7 Å². The molecular weight excluding hydrogens is 372 g/mol. The van der Waals surface area contributed by atoms with E-state index in [-0.39, 0.29) is 17.3 Å². The van der Waals surface area contributed by atoms with Crippen molar-refractivity contribution in [2.45, 2.75) is 13.8 Å². The summed E-state index contributed by atoms with van der Waals surface area (Å²) >= 11 is 0. The normalized spacial score (nSPS) is 14.8. The van der Waals surface area contributed by atoms with Crippen molar-refractivity contribution in [2.24, 2.45) is 4.99 Å². The number of esters is 1. The number of ether oxygens (including phenoxy) is 1. The Bertz CT molecular complexity index is 1190. The van der Waals surface area contributed by atoms with Crippen molar-refractivity contribution >= 4 is 23.6 Å². The number of aryl methyl sites for hydroxylation is 2. The maximum atomic E-state index is 12.2. The molecule has 0 saturated heterocycles. The molecule has 0 bridgehead atoms. The van der Waals surface area contributed by atoms with Gasteiger partial charge in [0.05, 0.1) is 10.5 Å². The number of hydrogen-bond donors (Lipinski definition) is 0. The van der Waals surface area contributed by atoms with Crippen LogP contribution in [0.2, 0.25) is 0 Å². The summed E-state index contributed by atoms with van der Waals surface area (Å²) in [5.74, 6) is 0.315. The molecule has 7 nitrogen and oxygen atoms in total. The summed E-state index contributed by atoms with van der Waals surface area (Å²) in [7, 11) is 0. The Morgan fingerprint density at radius 3 is 2.45 bits per heavy atom. The molecule has 7 heteroatoms. The summed E-state index contributed by atoms with van der Waals surface area (Å²) in [6.07, 6.45) is 1.45. The Balaban J connectivity index is 1.65. The maximum Gasteiger partial charge on any atom is 0.363 e. The van der Waals surface area contributed by atoms with E-state index in [9.17, 15) is 14.9 Å². The molecule has 0 radical (unpaired) electrons.